The van der Waals surface area contributed by atoms with E-state index in [4.69, 9.17) is 4.74 Å². The number of rotatable bonds is 4. The van der Waals surface area contributed by atoms with Gasteiger partial charge in [0.15, 0.2) is 34.9 Å². The number of halogens is 4. The number of carbonyl (C=O) groups excluding carboxylic acids is 1. The summed E-state index contributed by atoms with van der Waals surface area (Å²) in [7, 11) is 0. The molecule has 0 aliphatic heterocycles. The second-order valence-corrected chi connectivity index (χ2v) is 8.16. The third-order valence-electron chi connectivity index (χ3n) is 4.54. The van der Waals surface area contributed by atoms with Crippen LogP contribution in [0.1, 0.15) is 43.6 Å². The van der Waals surface area contributed by atoms with E-state index >= 15 is 0 Å². The SMILES string of the molecule is CCOC(=O)c1cn(-c2nc(NC(C)(C)C)c(F)cc2F)c2c(C)c(F)c(F)cc2c1=O. The second kappa shape index (κ2) is 8.25. The van der Waals surface area contributed by atoms with Crippen molar-refractivity contribution in [3.8, 4) is 5.82 Å². The predicted octanol–water partition coefficient (Wildman–Crippen LogP) is 4.64. The quantitative estimate of drug-likeness (QED) is 0.462. The fourth-order valence-corrected chi connectivity index (χ4v) is 3.21. The Morgan fingerprint density at radius 2 is 1.78 bits per heavy atom. The summed E-state index contributed by atoms with van der Waals surface area (Å²) in [6, 6.07) is 1.19. The number of esters is 1. The Hall–Kier alpha value is -3.43. The van der Waals surface area contributed by atoms with Crippen LogP contribution in [0.15, 0.2) is 23.1 Å². The van der Waals surface area contributed by atoms with Gasteiger partial charge in [0.1, 0.15) is 5.56 Å². The largest absolute Gasteiger partial charge is 0.462 e. The number of carbonyl (C=O) groups is 1. The third kappa shape index (κ3) is 4.17. The van der Waals surface area contributed by atoms with E-state index in [0.717, 1.165) is 10.8 Å². The number of nitrogens with zero attached hydrogens (tertiary/aromatic N) is 2. The number of hydrogen-bond acceptors (Lipinski definition) is 5. The maximum atomic E-state index is 14.9. The first-order valence-electron chi connectivity index (χ1n) is 9.71. The van der Waals surface area contributed by atoms with Gasteiger partial charge < -0.3 is 10.1 Å². The molecule has 3 aromatic rings. The lowest BCUT2D eigenvalue weighted by Gasteiger charge is -2.23. The van der Waals surface area contributed by atoms with Crippen LogP contribution >= 0.6 is 0 Å². The Labute approximate surface area is 180 Å². The molecule has 2 aromatic heterocycles. The molecular weight excluding hydrogens is 430 g/mol. The molecule has 1 N–H and O–H groups in total. The predicted molar refractivity (Wildman–Crippen MR) is 111 cm³/mol. The Morgan fingerprint density at radius 3 is 2.38 bits per heavy atom. The summed E-state index contributed by atoms with van der Waals surface area (Å²) in [5.74, 6) is -6.57. The molecule has 170 valence electrons. The van der Waals surface area contributed by atoms with E-state index in [1.807, 2.05) is 0 Å². The zero-order valence-electron chi connectivity index (χ0n) is 18.1. The van der Waals surface area contributed by atoms with Crippen LogP contribution in [0, 0.1) is 30.2 Å². The summed E-state index contributed by atoms with van der Waals surface area (Å²) >= 11 is 0. The van der Waals surface area contributed by atoms with Crippen molar-refractivity contribution >= 4 is 22.7 Å². The number of fused-ring (bicyclic) bond motifs is 1. The molecule has 0 atom stereocenters. The minimum absolute atomic E-state index is 0.0596. The van der Waals surface area contributed by atoms with Crippen molar-refractivity contribution in [3.05, 3.63) is 62.9 Å². The van der Waals surface area contributed by atoms with Crippen LogP contribution in [0.3, 0.4) is 0 Å². The first kappa shape index (κ1) is 23.2. The monoisotopic (exact) mass is 451 g/mol. The highest BCUT2D eigenvalue weighted by Gasteiger charge is 2.25. The zero-order chi connectivity index (χ0) is 24.0. The van der Waals surface area contributed by atoms with Gasteiger partial charge in [-0.15, -0.1) is 0 Å². The number of aromatic nitrogens is 2. The minimum Gasteiger partial charge on any atom is -0.462 e. The maximum Gasteiger partial charge on any atom is 0.343 e. The third-order valence-corrected chi connectivity index (χ3v) is 4.54. The number of ether oxygens (including phenoxy) is 1. The molecular formula is C22H21F4N3O3. The molecule has 3 rings (SSSR count). The van der Waals surface area contributed by atoms with Crippen LogP contribution < -0.4 is 10.7 Å². The Bertz CT molecular complexity index is 1300. The zero-order valence-corrected chi connectivity index (χ0v) is 18.1. The molecule has 0 bridgehead atoms. The average Bonchev–Trinajstić information content (AvgIpc) is 2.68. The number of nitrogens with one attached hydrogen (secondary N) is 1. The lowest BCUT2D eigenvalue weighted by molar-refractivity contribution is 0.0524. The Kier molecular flexibility index (Phi) is 5.99. The van der Waals surface area contributed by atoms with E-state index in [1.54, 1.807) is 20.8 Å². The molecule has 0 spiro atoms. The van der Waals surface area contributed by atoms with E-state index in [2.05, 4.69) is 10.3 Å². The molecule has 0 saturated heterocycles. The molecule has 1 aromatic carbocycles. The Balaban J connectivity index is 2.46. The number of pyridine rings is 2. The van der Waals surface area contributed by atoms with Gasteiger partial charge in [0.05, 0.1) is 17.5 Å². The molecule has 0 radical (unpaired) electrons. The average molecular weight is 451 g/mol. The van der Waals surface area contributed by atoms with E-state index in [1.165, 1.54) is 13.8 Å². The molecule has 2 heterocycles. The van der Waals surface area contributed by atoms with Crippen molar-refractivity contribution in [3.63, 3.8) is 0 Å². The van der Waals surface area contributed by atoms with Crippen molar-refractivity contribution in [1.29, 1.82) is 0 Å². The lowest BCUT2D eigenvalue weighted by Crippen LogP contribution is -2.28. The summed E-state index contributed by atoms with van der Waals surface area (Å²) in [6.45, 7) is 7.84. The summed E-state index contributed by atoms with van der Waals surface area (Å²) in [5, 5.41) is 2.40. The van der Waals surface area contributed by atoms with Crippen molar-refractivity contribution in [2.24, 2.45) is 0 Å². The van der Waals surface area contributed by atoms with Crippen LogP contribution in [0.5, 0.6) is 0 Å². The molecule has 0 saturated carbocycles. The first-order valence-corrected chi connectivity index (χ1v) is 9.71. The molecule has 0 amide bonds. The first-order chi connectivity index (χ1) is 14.9. The molecule has 0 aliphatic rings. The smallest absolute Gasteiger partial charge is 0.343 e. The fraction of sp³-hybridized carbons (Fsp3) is 0.318. The summed E-state index contributed by atoms with van der Waals surface area (Å²) in [4.78, 5) is 29.2. The van der Waals surface area contributed by atoms with Gasteiger partial charge in [0.2, 0.25) is 5.43 Å². The van der Waals surface area contributed by atoms with Gasteiger partial charge in [0.25, 0.3) is 0 Å². The number of hydrogen-bond donors (Lipinski definition) is 1. The molecule has 10 heteroatoms. The second-order valence-electron chi connectivity index (χ2n) is 8.16. The molecule has 0 aliphatic carbocycles. The normalized spacial score (nSPS) is 11.7. The van der Waals surface area contributed by atoms with Gasteiger partial charge in [-0.25, -0.2) is 27.3 Å². The highest BCUT2D eigenvalue weighted by molar-refractivity contribution is 5.95. The summed E-state index contributed by atoms with van der Waals surface area (Å²) in [5.41, 5.74) is -2.65. The van der Waals surface area contributed by atoms with Crippen LogP contribution in [0.25, 0.3) is 16.7 Å². The number of benzene rings is 1. The summed E-state index contributed by atoms with van der Waals surface area (Å²) < 4.78 is 63.5. The number of anilines is 1. The maximum absolute atomic E-state index is 14.9. The van der Waals surface area contributed by atoms with E-state index in [9.17, 15) is 27.2 Å². The van der Waals surface area contributed by atoms with Crippen LogP contribution in [-0.2, 0) is 4.74 Å². The highest BCUT2D eigenvalue weighted by Crippen LogP contribution is 2.28. The minimum atomic E-state index is -1.32. The van der Waals surface area contributed by atoms with Crippen LogP contribution in [-0.4, -0.2) is 27.7 Å². The van der Waals surface area contributed by atoms with Gasteiger partial charge in [-0.1, -0.05) is 0 Å². The highest BCUT2D eigenvalue weighted by atomic mass is 19.2. The van der Waals surface area contributed by atoms with Crippen LogP contribution in [0.2, 0.25) is 0 Å². The van der Waals surface area contributed by atoms with Gasteiger partial charge in [-0.3, -0.25) is 9.36 Å². The lowest BCUT2D eigenvalue weighted by atomic mass is 10.1. The van der Waals surface area contributed by atoms with E-state index in [0.29, 0.717) is 12.1 Å². The van der Waals surface area contributed by atoms with E-state index < -0.39 is 51.6 Å². The topological polar surface area (TPSA) is 73.2 Å². The summed E-state index contributed by atoms with van der Waals surface area (Å²) in [6.07, 6.45) is 0.928. The Morgan fingerprint density at radius 1 is 1.12 bits per heavy atom. The number of aryl methyl sites for hydroxylation is 1. The van der Waals surface area contributed by atoms with Crippen molar-refractivity contribution in [2.75, 3.05) is 11.9 Å². The van der Waals surface area contributed by atoms with Crippen molar-refractivity contribution in [1.82, 2.24) is 9.55 Å². The van der Waals surface area contributed by atoms with Crippen molar-refractivity contribution < 1.29 is 27.1 Å². The molecule has 0 unspecified atom stereocenters. The standard InChI is InChI=1S/C22H21F4N3O3/c1-6-32-21(31)12-9-29(17-10(2)16(26)13(23)7-11(17)18(12)30)20-15(25)8-14(24)19(27-20)28-22(3,4)5/h7-9H,6H2,1-5H3,(H,27,28). The van der Waals surface area contributed by atoms with E-state index in [-0.39, 0.29) is 28.9 Å². The molecule has 6 nitrogen and oxygen atoms in total. The van der Waals surface area contributed by atoms with Gasteiger partial charge in [-0.05, 0) is 40.7 Å². The van der Waals surface area contributed by atoms with Crippen LogP contribution in [0.4, 0.5) is 23.4 Å². The van der Waals surface area contributed by atoms with Gasteiger partial charge in [-0.2, -0.15) is 0 Å². The van der Waals surface area contributed by atoms with Crippen molar-refractivity contribution in [2.45, 2.75) is 40.2 Å². The van der Waals surface area contributed by atoms with Gasteiger partial charge in [0, 0.05) is 23.4 Å². The fourth-order valence-electron chi connectivity index (χ4n) is 3.21. The molecule has 32 heavy (non-hydrogen) atoms. The molecule has 0 fully saturated rings. The van der Waals surface area contributed by atoms with Gasteiger partial charge >= 0.3 is 5.97 Å².